The topological polar surface area (TPSA) is 92.6 Å². The minimum Gasteiger partial charge on any atom is -0.399 e. The van der Waals surface area contributed by atoms with E-state index in [4.69, 9.17) is 11.5 Å². The summed E-state index contributed by atoms with van der Waals surface area (Å²) in [6, 6.07) is 7.53. The molecule has 1 fully saturated rings. The van der Waals surface area contributed by atoms with Crippen molar-refractivity contribution in [3.63, 3.8) is 0 Å². The van der Waals surface area contributed by atoms with Crippen LogP contribution in [0.15, 0.2) is 24.3 Å². The molecule has 0 radical (unpaired) electrons. The molecular weight excluding hydrogens is 254 g/mol. The van der Waals surface area contributed by atoms with Crippen molar-refractivity contribution in [2.24, 2.45) is 5.73 Å². The monoisotopic (exact) mass is 277 g/mol. The third-order valence-electron chi connectivity index (χ3n) is 3.93. The zero-order chi connectivity index (χ0) is 14.5. The minimum atomic E-state index is -0.629. The summed E-state index contributed by atoms with van der Waals surface area (Å²) in [5, 5.41) is 10.3. The predicted molar refractivity (Wildman–Crippen MR) is 78.8 cm³/mol. The Morgan fingerprint density at radius 2 is 1.90 bits per heavy atom. The van der Waals surface area contributed by atoms with E-state index in [-0.39, 0.29) is 12.5 Å². The minimum absolute atomic E-state index is 0.205. The highest BCUT2D eigenvalue weighted by atomic mass is 16.3. The van der Waals surface area contributed by atoms with Gasteiger partial charge in [0.15, 0.2) is 0 Å². The largest absolute Gasteiger partial charge is 0.399 e. The summed E-state index contributed by atoms with van der Waals surface area (Å²) in [5.74, 6) is -0.346. The van der Waals surface area contributed by atoms with Crippen molar-refractivity contribution < 1.29 is 9.90 Å². The van der Waals surface area contributed by atoms with Crippen molar-refractivity contribution in [2.45, 2.75) is 37.8 Å². The second-order valence-electron chi connectivity index (χ2n) is 5.52. The molecule has 5 nitrogen and oxygen atoms in total. The van der Waals surface area contributed by atoms with Crippen LogP contribution < -0.4 is 11.5 Å². The number of aliphatic hydroxyl groups excluding tert-OH is 1. The van der Waals surface area contributed by atoms with Crippen LogP contribution in [-0.2, 0) is 4.79 Å². The van der Waals surface area contributed by atoms with Crippen LogP contribution in [0.4, 0.5) is 5.69 Å². The number of benzene rings is 1. The number of carbonyl (C=O) groups is 1. The lowest BCUT2D eigenvalue weighted by atomic mass is 10.1. The molecule has 0 heterocycles. The summed E-state index contributed by atoms with van der Waals surface area (Å²) in [6.07, 6.45) is 3.87. The normalized spacial score (nSPS) is 17.5. The molecule has 20 heavy (non-hydrogen) atoms. The van der Waals surface area contributed by atoms with Gasteiger partial charge in [-0.2, -0.15) is 0 Å². The number of carbonyl (C=O) groups excluding carboxylic acids is 1. The van der Waals surface area contributed by atoms with Crippen molar-refractivity contribution in [3.8, 4) is 0 Å². The van der Waals surface area contributed by atoms with Gasteiger partial charge in [-0.1, -0.05) is 25.0 Å². The average Bonchev–Trinajstić information content (AvgIpc) is 2.92. The van der Waals surface area contributed by atoms with E-state index in [2.05, 4.69) is 0 Å². The van der Waals surface area contributed by atoms with Crippen molar-refractivity contribution in [1.82, 2.24) is 4.90 Å². The summed E-state index contributed by atoms with van der Waals surface area (Å²) < 4.78 is 0. The van der Waals surface area contributed by atoms with E-state index in [1.165, 1.54) is 12.8 Å². The summed E-state index contributed by atoms with van der Waals surface area (Å²) in [5.41, 5.74) is 12.4. The van der Waals surface area contributed by atoms with Crippen LogP contribution in [0.25, 0.3) is 0 Å². The highest BCUT2D eigenvalue weighted by molar-refractivity contribution is 5.76. The van der Waals surface area contributed by atoms with Crippen molar-refractivity contribution in [2.75, 3.05) is 18.8 Å². The Morgan fingerprint density at radius 3 is 2.45 bits per heavy atom. The van der Waals surface area contributed by atoms with Gasteiger partial charge in [0.25, 0.3) is 0 Å². The van der Waals surface area contributed by atoms with E-state index >= 15 is 0 Å². The van der Waals surface area contributed by atoms with Crippen LogP contribution in [0.3, 0.4) is 0 Å². The Morgan fingerprint density at radius 1 is 1.30 bits per heavy atom. The van der Waals surface area contributed by atoms with Crippen LogP contribution in [0.1, 0.15) is 37.4 Å². The van der Waals surface area contributed by atoms with E-state index in [1.807, 2.05) is 17.0 Å². The number of rotatable bonds is 6. The van der Waals surface area contributed by atoms with E-state index in [1.54, 1.807) is 12.1 Å². The number of nitrogens with two attached hydrogens (primary N) is 2. The number of anilines is 1. The Hall–Kier alpha value is -1.59. The zero-order valence-electron chi connectivity index (χ0n) is 11.7. The zero-order valence-corrected chi connectivity index (χ0v) is 11.7. The summed E-state index contributed by atoms with van der Waals surface area (Å²) in [4.78, 5) is 13.2. The maximum absolute atomic E-state index is 11.2. The van der Waals surface area contributed by atoms with Gasteiger partial charge in [-0.05, 0) is 30.5 Å². The molecule has 0 spiro atoms. The molecule has 110 valence electrons. The van der Waals surface area contributed by atoms with E-state index < -0.39 is 6.10 Å². The SMILES string of the molecule is NC(=O)CN(CC(O)c1ccc(N)cc1)C1CCCC1. The van der Waals surface area contributed by atoms with Gasteiger partial charge in [0.05, 0.1) is 12.6 Å². The lowest BCUT2D eigenvalue weighted by Crippen LogP contribution is -2.42. The molecule has 1 aliphatic rings. The fraction of sp³-hybridized carbons (Fsp3) is 0.533. The highest BCUT2D eigenvalue weighted by Crippen LogP contribution is 2.25. The first-order chi connectivity index (χ1) is 9.56. The Kier molecular flexibility index (Phi) is 4.98. The molecule has 1 amide bonds. The molecule has 0 aromatic heterocycles. The molecule has 5 N–H and O–H groups in total. The smallest absolute Gasteiger partial charge is 0.231 e. The first kappa shape index (κ1) is 14.8. The van der Waals surface area contributed by atoms with Crippen LogP contribution in [0.2, 0.25) is 0 Å². The third-order valence-corrected chi connectivity index (χ3v) is 3.93. The molecule has 1 saturated carbocycles. The Balaban J connectivity index is 2.02. The highest BCUT2D eigenvalue weighted by Gasteiger charge is 2.25. The van der Waals surface area contributed by atoms with Crippen LogP contribution in [0, 0.1) is 0 Å². The summed E-state index contributed by atoms with van der Waals surface area (Å²) in [7, 11) is 0. The maximum atomic E-state index is 11.2. The molecule has 1 unspecified atom stereocenters. The quantitative estimate of drug-likeness (QED) is 0.677. The van der Waals surface area contributed by atoms with E-state index in [9.17, 15) is 9.90 Å². The molecule has 0 saturated heterocycles. The van der Waals surface area contributed by atoms with Crippen LogP contribution >= 0.6 is 0 Å². The van der Waals surface area contributed by atoms with Crippen LogP contribution in [0.5, 0.6) is 0 Å². The molecule has 0 aliphatic heterocycles. The number of nitrogens with zero attached hydrogens (tertiary/aromatic N) is 1. The van der Waals surface area contributed by atoms with Crippen molar-refractivity contribution in [1.29, 1.82) is 0 Å². The second-order valence-corrected chi connectivity index (χ2v) is 5.52. The van der Waals surface area contributed by atoms with Crippen molar-refractivity contribution >= 4 is 11.6 Å². The van der Waals surface area contributed by atoms with Gasteiger partial charge in [0, 0.05) is 18.3 Å². The summed E-state index contributed by atoms with van der Waals surface area (Å²) >= 11 is 0. The molecule has 5 heteroatoms. The number of aliphatic hydroxyl groups is 1. The molecule has 1 atom stereocenters. The first-order valence-corrected chi connectivity index (χ1v) is 7.12. The third kappa shape index (κ3) is 3.95. The van der Waals surface area contributed by atoms with E-state index in [0.717, 1.165) is 18.4 Å². The fourth-order valence-electron chi connectivity index (χ4n) is 2.86. The first-order valence-electron chi connectivity index (χ1n) is 7.12. The molecule has 1 aliphatic carbocycles. The number of amides is 1. The van der Waals surface area contributed by atoms with Gasteiger partial charge < -0.3 is 16.6 Å². The van der Waals surface area contributed by atoms with Crippen molar-refractivity contribution in [3.05, 3.63) is 29.8 Å². The maximum Gasteiger partial charge on any atom is 0.231 e. The van der Waals surface area contributed by atoms with Gasteiger partial charge in [-0.15, -0.1) is 0 Å². The molecule has 1 aromatic rings. The van der Waals surface area contributed by atoms with Crippen LogP contribution in [-0.4, -0.2) is 35.0 Å². The predicted octanol–water partition coefficient (Wildman–Crippen LogP) is 1.03. The number of primary amides is 1. The van der Waals surface area contributed by atoms with Gasteiger partial charge in [0.2, 0.25) is 5.91 Å². The number of nitrogen functional groups attached to an aromatic ring is 1. The standard InChI is InChI=1S/C15H23N3O2/c16-12-7-5-11(6-8-12)14(19)9-18(10-15(17)20)13-3-1-2-4-13/h5-8,13-14,19H,1-4,9-10,16H2,(H2,17,20). The van der Waals surface area contributed by atoms with Gasteiger partial charge in [-0.25, -0.2) is 0 Å². The number of hydrogen-bond donors (Lipinski definition) is 3. The Bertz CT molecular complexity index is 441. The summed E-state index contributed by atoms with van der Waals surface area (Å²) in [6.45, 7) is 0.633. The fourth-order valence-corrected chi connectivity index (χ4v) is 2.86. The number of hydrogen-bond acceptors (Lipinski definition) is 4. The van der Waals surface area contributed by atoms with Gasteiger partial charge >= 0.3 is 0 Å². The molecule has 1 aromatic carbocycles. The Labute approximate surface area is 119 Å². The molecule has 0 bridgehead atoms. The van der Waals surface area contributed by atoms with E-state index in [0.29, 0.717) is 18.3 Å². The molecule has 2 rings (SSSR count). The average molecular weight is 277 g/mol. The lowest BCUT2D eigenvalue weighted by molar-refractivity contribution is -0.120. The molecular formula is C15H23N3O2. The van der Waals surface area contributed by atoms with Gasteiger partial charge in [0.1, 0.15) is 0 Å². The lowest BCUT2D eigenvalue weighted by Gasteiger charge is -2.29. The second kappa shape index (κ2) is 6.72. The van der Waals surface area contributed by atoms with Gasteiger partial charge in [-0.3, -0.25) is 9.69 Å².